The number of amides is 3. The van der Waals surface area contributed by atoms with E-state index < -0.39 is 24.1 Å². The molecule has 1 unspecified atom stereocenters. The first-order valence-corrected chi connectivity index (χ1v) is 18.6. The Morgan fingerprint density at radius 1 is 1.06 bits per heavy atom. The van der Waals surface area contributed by atoms with E-state index in [0.29, 0.717) is 30.7 Å². The molecule has 0 aromatic carbocycles. The van der Waals surface area contributed by atoms with Crippen LogP contribution in [-0.2, 0) is 23.9 Å². The molecule has 270 valence electrons. The van der Waals surface area contributed by atoms with Gasteiger partial charge in [-0.3, -0.25) is 28.9 Å². The van der Waals surface area contributed by atoms with Gasteiger partial charge in [-0.1, -0.05) is 47.5 Å². The number of likely N-dealkylation sites (tertiary alicyclic amines) is 1. The fourth-order valence-corrected chi connectivity index (χ4v) is 7.68. The lowest BCUT2D eigenvalue weighted by molar-refractivity contribution is -0.149. The molecule has 2 heterocycles. The molecule has 3 N–H and O–H groups in total. The molecule has 1 aliphatic carbocycles. The van der Waals surface area contributed by atoms with Crippen LogP contribution in [0.5, 0.6) is 0 Å². The van der Waals surface area contributed by atoms with Gasteiger partial charge in [0.1, 0.15) is 16.7 Å². The molecule has 13 heteroatoms. The number of piperidine rings is 1. The molecule has 1 aliphatic heterocycles. The topological polar surface area (TPSA) is 158 Å². The summed E-state index contributed by atoms with van der Waals surface area (Å²) < 4.78 is 5.73. The fourth-order valence-electron chi connectivity index (χ4n) is 6.84. The third-order valence-corrected chi connectivity index (χ3v) is 10.7. The van der Waals surface area contributed by atoms with Crippen LogP contribution in [0.1, 0.15) is 127 Å². The minimum atomic E-state index is -0.800. The number of thiazole rings is 1. The summed E-state index contributed by atoms with van der Waals surface area (Å²) >= 11 is 1.22. The molecular weight excluding hydrogens is 634 g/mol. The van der Waals surface area contributed by atoms with E-state index in [4.69, 9.17) is 4.74 Å². The average Bonchev–Trinajstić information content (AvgIpc) is 3.54. The van der Waals surface area contributed by atoms with Gasteiger partial charge in [-0.25, -0.2) is 4.98 Å². The van der Waals surface area contributed by atoms with Gasteiger partial charge in [-0.2, -0.15) is 0 Å². The molecule has 48 heavy (non-hydrogen) atoms. The monoisotopic (exact) mass is 691 g/mol. The first-order chi connectivity index (χ1) is 22.7. The van der Waals surface area contributed by atoms with Gasteiger partial charge in [0.05, 0.1) is 12.0 Å². The first kappa shape index (κ1) is 39.4. The summed E-state index contributed by atoms with van der Waals surface area (Å²) in [4.78, 5) is 72.7. The Hall–Kier alpha value is -3.06. The van der Waals surface area contributed by atoms with Crippen molar-refractivity contribution in [1.29, 1.82) is 0 Å². The number of hydrogen-bond donors (Lipinski definition) is 3. The van der Waals surface area contributed by atoms with E-state index in [1.54, 1.807) is 17.3 Å². The fraction of sp³-hybridized carbons (Fsp3) is 0.771. The summed E-state index contributed by atoms with van der Waals surface area (Å²) in [6, 6.07) is -1.44. The smallest absolute Gasteiger partial charge is 0.306 e. The lowest BCUT2D eigenvalue weighted by Gasteiger charge is -2.38. The number of hydrogen-bond acceptors (Lipinski definition) is 9. The maximum Gasteiger partial charge on any atom is 0.306 e. The Morgan fingerprint density at radius 3 is 2.33 bits per heavy atom. The van der Waals surface area contributed by atoms with Crippen molar-refractivity contribution in [3.8, 4) is 0 Å². The lowest BCUT2D eigenvalue weighted by atomic mass is 9.86. The van der Waals surface area contributed by atoms with E-state index in [9.17, 15) is 29.1 Å². The van der Waals surface area contributed by atoms with Crippen LogP contribution in [0.4, 0.5) is 0 Å². The predicted molar refractivity (Wildman–Crippen MR) is 184 cm³/mol. The minimum Gasteiger partial charge on any atom is -0.481 e. The van der Waals surface area contributed by atoms with Gasteiger partial charge in [0.25, 0.3) is 5.91 Å². The number of rotatable bonds is 16. The van der Waals surface area contributed by atoms with Crippen molar-refractivity contribution in [3.05, 3.63) is 16.1 Å². The number of carboxylic acid groups (broad SMARTS) is 1. The zero-order valence-electron chi connectivity index (χ0n) is 29.8. The number of nitrogens with zero attached hydrogens (tertiary/aromatic N) is 3. The Bertz CT molecular complexity index is 1250. The number of unbranched alkanes of at least 4 members (excludes halogenated alkanes) is 1. The van der Waals surface area contributed by atoms with E-state index in [1.165, 1.54) is 18.3 Å². The summed E-state index contributed by atoms with van der Waals surface area (Å²) in [5.41, 5.74) is 0.205. The van der Waals surface area contributed by atoms with E-state index in [1.807, 2.05) is 27.7 Å². The normalized spacial score (nSPS) is 22.1. The number of ether oxygens (including phenoxy) is 1. The maximum atomic E-state index is 14.1. The zero-order valence-corrected chi connectivity index (χ0v) is 30.6. The van der Waals surface area contributed by atoms with Crippen molar-refractivity contribution in [3.63, 3.8) is 0 Å². The van der Waals surface area contributed by atoms with Crippen molar-refractivity contribution in [2.24, 2.45) is 17.8 Å². The number of carbonyl (C=O) groups excluding carboxylic acids is 4. The minimum absolute atomic E-state index is 0.0212. The van der Waals surface area contributed by atoms with Crippen LogP contribution < -0.4 is 10.6 Å². The summed E-state index contributed by atoms with van der Waals surface area (Å²) in [7, 11) is 1.73. The highest BCUT2D eigenvalue weighted by Crippen LogP contribution is 2.31. The van der Waals surface area contributed by atoms with Crippen molar-refractivity contribution < 1.29 is 33.8 Å². The van der Waals surface area contributed by atoms with Gasteiger partial charge in [-0.05, 0) is 69.9 Å². The Morgan fingerprint density at radius 2 is 1.75 bits per heavy atom. The molecule has 1 aromatic rings. The average molecular weight is 692 g/mol. The zero-order chi connectivity index (χ0) is 35.5. The van der Waals surface area contributed by atoms with Crippen molar-refractivity contribution >= 4 is 41.0 Å². The number of esters is 1. The van der Waals surface area contributed by atoms with E-state index >= 15 is 0 Å². The molecule has 2 fully saturated rings. The third-order valence-electron chi connectivity index (χ3n) is 9.77. The Labute approximate surface area is 289 Å². The van der Waals surface area contributed by atoms with Gasteiger partial charge in [-0.15, -0.1) is 11.3 Å². The van der Waals surface area contributed by atoms with Gasteiger partial charge < -0.3 is 25.4 Å². The number of nitrogens with one attached hydrogen (secondary N) is 2. The van der Waals surface area contributed by atoms with E-state index in [0.717, 1.165) is 45.2 Å². The Kier molecular flexibility index (Phi) is 15.3. The molecule has 12 nitrogen and oxygen atoms in total. The predicted octanol–water partition coefficient (Wildman–Crippen LogP) is 4.79. The maximum absolute atomic E-state index is 14.1. The molecule has 1 saturated heterocycles. The standard InChI is InChI=1S/C35H57N5O7S/c1-8-9-17-40-18-11-10-12-27(40)32(43)38-30(22(4)5)34(44)39(7)28(21(2)3)19-29(47-23(6)41)33-37-26(20-48-33)31(42)36-25-15-13-24(14-16-25)35(45)46/h20-22,24-25,27-30H,8-19H2,1-7H3,(H,36,42)(H,38,43)(H,45,46)/t24?,25?,27-,28?,29-,30+/m1/s1. The molecule has 1 saturated carbocycles. The highest BCUT2D eigenvalue weighted by molar-refractivity contribution is 7.09. The summed E-state index contributed by atoms with van der Waals surface area (Å²) in [6.07, 6.45) is 6.60. The van der Waals surface area contributed by atoms with Crippen molar-refractivity contribution in [2.45, 2.75) is 136 Å². The number of carbonyl (C=O) groups is 5. The second-order valence-corrected chi connectivity index (χ2v) is 15.0. The number of likely N-dealkylation sites (N-methyl/N-ethyl adjacent to an activating group) is 1. The Balaban J connectivity index is 1.72. The molecule has 4 atom stereocenters. The number of aromatic nitrogens is 1. The van der Waals surface area contributed by atoms with Crippen molar-refractivity contribution in [2.75, 3.05) is 20.1 Å². The van der Waals surface area contributed by atoms with Crippen LogP contribution >= 0.6 is 11.3 Å². The lowest BCUT2D eigenvalue weighted by Crippen LogP contribution is -2.58. The molecule has 3 amide bonds. The van der Waals surface area contributed by atoms with Gasteiger partial charge in [0.2, 0.25) is 11.8 Å². The van der Waals surface area contributed by atoms with Crippen LogP contribution in [0.2, 0.25) is 0 Å². The molecule has 0 spiro atoms. The van der Waals surface area contributed by atoms with Crippen LogP contribution in [0.25, 0.3) is 0 Å². The summed E-state index contributed by atoms with van der Waals surface area (Å²) in [5, 5.41) is 17.4. The highest BCUT2D eigenvalue weighted by Gasteiger charge is 2.37. The molecule has 3 rings (SSSR count). The second kappa shape index (κ2) is 18.6. The largest absolute Gasteiger partial charge is 0.481 e. The third kappa shape index (κ3) is 11.0. The summed E-state index contributed by atoms with van der Waals surface area (Å²) in [6.45, 7) is 13.1. The quantitative estimate of drug-likeness (QED) is 0.207. The molecule has 0 radical (unpaired) electrons. The van der Waals surface area contributed by atoms with Gasteiger partial charge in [0.15, 0.2) is 6.10 Å². The number of aliphatic carboxylic acids is 1. The van der Waals surface area contributed by atoms with Crippen LogP contribution in [-0.4, -0.2) is 93.9 Å². The summed E-state index contributed by atoms with van der Waals surface area (Å²) in [5.74, 6) is -2.50. The number of carboxylic acids is 1. The molecule has 1 aromatic heterocycles. The SMILES string of the molecule is CCCCN1CCCC[C@@H]1C(=O)N[C@H](C(=O)N(C)C(C[C@@H](OC(C)=O)c1nc(C(=O)NC2CCC(C(=O)O)CC2)cs1)C(C)C)C(C)C. The second-order valence-electron chi connectivity index (χ2n) is 14.2. The van der Waals surface area contributed by atoms with Crippen LogP contribution in [0.15, 0.2) is 5.38 Å². The van der Waals surface area contributed by atoms with E-state index in [-0.39, 0.29) is 65.7 Å². The van der Waals surface area contributed by atoms with E-state index in [2.05, 4.69) is 27.4 Å². The van der Waals surface area contributed by atoms with Crippen molar-refractivity contribution in [1.82, 2.24) is 25.4 Å². The molecule has 0 bridgehead atoms. The molecular formula is C35H57N5O7S. The van der Waals surface area contributed by atoms with Crippen LogP contribution in [0.3, 0.4) is 0 Å². The highest BCUT2D eigenvalue weighted by atomic mass is 32.1. The first-order valence-electron chi connectivity index (χ1n) is 17.7. The van der Waals surface area contributed by atoms with Gasteiger partial charge >= 0.3 is 11.9 Å². The molecule has 2 aliphatic rings. The van der Waals surface area contributed by atoms with Gasteiger partial charge in [0, 0.05) is 37.9 Å². The van der Waals surface area contributed by atoms with Crippen LogP contribution in [0, 0.1) is 17.8 Å².